The van der Waals surface area contributed by atoms with Crippen molar-refractivity contribution in [3.8, 4) is 22.9 Å². The molecule has 34 heavy (non-hydrogen) atoms. The van der Waals surface area contributed by atoms with Gasteiger partial charge in [-0.1, -0.05) is 18.2 Å². The molecule has 0 atom stereocenters. The maximum atomic E-state index is 12.6. The lowest BCUT2D eigenvalue weighted by Gasteiger charge is -2.27. The van der Waals surface area contributed by atoms with Crippen molar-refractivity contribution in [3.05, 3.63) is 71.5 Å². The molecule has 1 N–H and O–H groups in total. The van der Waals surface area contributed by atoms with E-state index in [1.165, 1.54) is 18.2 Å². The van der Waals surface area contributed by atoms with Crippen LogP contribution in [0, 0.1) is 0 Å². The smallest absolute Gasteiger partial charge is 0.489 e. The fourth-order valence-corrected chi connectivity index (χ4v) is 3.67. The molecule has 0 fully saturated rings. The number of rotatable bonds is 8. The minimum absolute atomic E-state index is 0.0840. The summed E-state index contributed by atoms with van der Waals surface area (Å²) in [6, 6.07) is 12.8. The van der Waals surface area contributed by atoms with E-state index < -0.39 is 12.3 Å². The quantitative estimate of drug-likeness (QED) is 0.517. The molecule has 4 rings (SSSR count). The van der Waals surface area contributed by atoms with Crippen LogP contribution < -0.4 is 9.47 Å². The van der Waals surface area contributed by atoms with Gasteiger partial charge in [0.25, 0.3) is 0 Å². The molecule has 1 aromatic heterocycles. The SMILES string of the molecule is O=C(O)CCN1CCc2nc(-c3ccc(OCc4ccccc4OC(F)(F)F)cc3)ncc2C1. The highest BCUT2D eigenvalue weighted by molar-refractivity contribution is 5.66. The van der Waals surface area contributed by atoms with Crippen molar-refractivity contribution in [1.82, 2.24) is 14.9 Å². The number of ether oxygens (including phenoxy) is 2. The van der Waals surface area contributed by atoms with Gasteiger partial charge in [0, 0.05) is 48.9 Å². The van der Waals surface area contributed by atoms with Gasteiger partial charge in [0.15, 0.2) is 5.82 Å². The van der Waals surface area contributed by atoms with Crippen molar-refractivity contribution in [2.45, 2.75) is 32.4 Å². The van der Waals surface area contributed by atoms with Gasteiger partial charge >= 0.3 is 12.3 Å². The van der Waals surface area contributed by atoms with Crippen molar-refractivity contribution in [1.29, 1.82) is 0 Å². The third-order valence-corrected chi connectivity index (χ3v) is 5.36. The lowest BCUT2D eigenvalue weighted by molar-refractivity contribution is -0.275. The van der Waals surface area contributed by atoms with Crippen LogP contribution in [0.15, 0.2) is 54.7 Å². The van der Waals surface area contributed by atoms with Gasteiger partial charge in [-0.25, -0.2) is 9.97 Å². The number of para-hydroxylation sites is 1. The van der Waals surface area contributed by atoms with E-state index in [2.05, 4.69) is 19.6 Å². The average Bonchev–Trinajstić information content (AvgIpc) is 2.81. The predicted molar refractivity (Wildman–Crippen MR) is 116 cm³/mol. The molecule has 1 aliphatic heterocycles. The zero-order chi connectivity index (χ0) is 24.1. The van der Waals surface area contributed by atoms with Gasteiger partial charge in [-0.05, 0) is 30.3 Å². The molecule has 0 spiro atoms. The molecule has 0 radical (unpaired) electrons. The van der Waals surface area contributed by atoms with Crippen molar-refractivity contribution >= 4 is 5.97 Å². The van der Waals surface area contributed by atoms with E-state index in [4.69, 9.17) is 9.84 Å². The maximum absolute atomic E-state index is 12.6. The Kier molecular flexibility index (Phi) is 6.97. The lowest BCUT2D eigenvalue weighted by atomic mass is 10.1. The van der Waals surface area contributed by atoms with Gasteiger partial charge < -0.3 is 14.6 Å². The highest BCUT2D eigenvalue weighted by Gasteiger charge is 2.32. The Morgan fingerprint density at radius 3 is 2.62 bits per heavy atom. The van der Waals surface area contributed by atoms with E-state index in [-0.39, 0.29) is 24.3 Å². The molecular formula is C24H22F3N3O4. The molecular weight excluding hydrogens is 451 g/mol. The van der Waals surface area contributed by atoms with Gasteiger partial charge in [-0.15, -0.1) is 13.2 Å². The number of carboxylic acid groups (broad SMARTS) is 1. The summed E-state index contributed by atoms with van der Waals surface area (Å²) in [6.45, 7) is 1.77. The Morgan fingerprint density at radius 2 is 1.88 bits per heavy atom. The molecule has 7 nitrogen and oxygen atoms in total. The Labute approximate surface area is 193 Å². The summed E-state index contributed by atoms with van der Waals surface area (Å²) in [5, 5.41) is 8.86. The van der Waals surface area contributed by atoms with E-state index >= 15 is 0 Å². The number of halogens is 3. The number of benzene rings is 2. The molecule has 1 aliphatic rings. The second-order valence-electron chi connectivity index (χ2n) is 7.80. The summed E-state index contributed by atoms with van der Waals surface area (Å²) in [5.41, 5.74) is 2.99. The zero-order valence-corrected chi connectivity index (χ0v) is 18.1. The number of aromatic nitrogens is 2. The molecule has 2 heterocycles. The first-order valence-corrected chi connectivity index (χ1v) is 10.6. The van der Waals surface area contributed by atoms with Gasteiger partial charge in [-0.2, -0.15) is 0 Å². The molecule has 3 aromatic rings. The Hall–Kier alpha value is -3.66. The average molecular weight is 473 g/mol. The second kappa shape index (κ2) is 10.1. The van der Waals surface area contributed by atoms with E-state index in [0.29, 0.717) is 31.1 Å². The topological polar surface area (TPSA) is 84.8 Å². The van der Waals surface area contributed by atoms with Crippen molar-refractivity contribution in [3.63, 3.8) is 0 Å². The summed E-state index contributed by atoms with van der Waals surface area (Å²) in [5.74, 6) is -0.0647. The first kappa shape index (κ1) is 23.5. The number of carbonyl (C=O) groups is 1. The van der Waals surface area contributed by atoms with Crippen LogP contribution in [-0.4, -0.2) is 45.4 Å². The van der Waals surface area contributed by atoms with Crippen LogP contribution in [0.1, 0.15) is 23.2 Å². The van der Waals surface area contributed by atoms with Crippen molar-refractivity contribution < 1.29 is 32.5 Å². The second-order valence-corrected chi connectivity index (χ2v) is 7.80. The highest BCUT2D eigenvalue weighted by atomic mass is 19.4. The number of fused-ring (bicyclic) bond motifs is 1. The van der Waals surface area contributed by atoms with E-state index in [1.807, 2.05) is 0 Å². The van der Waals surface area contributed by atoms with Gasteiger partial charge in [0.05, 0.1) is 12.1 Å². The Morgan fingerprint density at radius 1 is 1.12 bits per heavy atom. The Bertz CT molecular complexity index is 1150. The van der Waals surface area contributed by atoms with Crippen LogP contribution >= 0.6 is 0 Å². The number of hydrogen-bond acceptors (Lipinski definition) is 6. The van der Waals surface area contributed by atoms with Gasteiger partial charge in [0.1, 0.15) is 18.1 Å². The van der Waals surface area contributed by atoms with Crippen LogP contribution in [0.4, 0.5) is 13.2 Å². The first-order valence-electron chi connectivity index (χ1n) is 10.6. The predicted octanol–water partition coefficient (Wildman–Crippen LogP) is 4.45. The minimum Gasteiger partial charge on any atom is -0.489 e. The number of alkyl halides is 3. The largest absolute Gasteiger partial charge is 0.573 e. The first-order chi connectivity index (χ1) is 16.3. The van der Waals surface area contributed by atoms with Crippen LogP contribution in [0.3, 0.4) is 0 Å². The maximum Gasteiger partial charge on any atom is 0.573 e. The van der Waals surface area contributed by atoms with Gasteiger partial charge in [-0.3, -0.25) is 9.69 Å². The molecule has 2 aromatic carbocycles. The number of carboxylic acids is 1. The standard InChI is InChI=1S/C24H22F3N3O4/c25-24(26,27)34-21-4-2-1-3-17(21)15-33-19-7-5-16(6-8-19)23-28-13-18-14-30(12-10-22(31)32)11-9-20(18)29-23/h1-8,13H,9-12,14-15H2,(H,31,32). The molecule has 10 heteroatoms. The number of hydrogen-bond donors (Lipinski definition) is 1. The molecule has 0 amide bonds. The van der Waals surface area contributed by atoms with Crippen molar-refractivity contribution in [2.75, 3.05) is 13.1 Å². The summed E-state index contributed by atoms with van der Waals surface area (Å²) >= 11 is 0. The van der Waals surface area contributed by atoms with Crippen LogP contribution in [0.5, 0.6) is 11.5 Å². The Balaban J connectivity index is 1.39. The van der Waals surface area contributed by atoms with Crippen LogP contribution in [0.2, 0.25) is 0 Å². The molecule has 0 saturated heterocycles. The molecule has 0 unspecified atom stereocenters. The summed E-state index contributed by atoms with van der Waals surface area (Å²) in [6.07, 6.45) is -2.19. The highest BCUT2D eigenvalue weighted by Crippen LogP contribution is 2.28. The number of nitrogens with zero attached hydrogens (tertiary/aromatic N) is 3. The van der Waals surface area contributed by atoms with E-state index in [1.54, 1.807) is 36.5 Å². The van der Waals surface area contributed by atoms with E-state index in [0.717, 1.165) is 23.4 Å². The molecule has 0 bridgehead atoms. The fourth-order valence-electron chi connectivity index (χ4n) is 3.67. The number of aliphatic carboxylic acids is 1. The van der Waals surface area contributed by atoms with Crippen molar-refractivity contribution in [2.24, 2.45) is 0 Å². The zero-order valence-electron chi connectivity index (χ0n) is 18.1. The minimum atomic E-state index is -4.77. The third kappa shape index (κ3) is 6.22. The fraction of sp³-hybridized carbons (Fsp3) is 0.292. The summed E-state index contributed by atoms with van der Waals surface area (Å²) in [7, 11) is 0. The lowest BCUT2D eigenvalue weighted by Crippen LogP contribution is -2.33. The molecule has 178 valence electrons. The summed E-state index contributed by atoms with van der Waals surface area (Å²) in [4.78, 5) is 22.0. The third-order valence-electron chi connectivity index (χ3n) is 5.36. The normalized spacial score (nSPS) is 13.9. The summed E-state index contributed by atoms with van der Waals surface area (Å²) < 4.78 is 47.4. The monoisotopic (exact) mass is 473 g/mol. The van der Waals surface area contributed by atoms with Crippen LogP contribution in [0.25, 0.3) is 11.4 Å². The van der Waals surface area contributed by atoms with Gasteiger partial charge in [0.2, 0.25) is 0 Å². The van der Waals surface area contributed by atoms with E-state index in [9.17, 15) is 18.0 Å². The van der Waals surface area contributed by atoms with Crippen LogP contribution in [-0.2, 0) is 24.4 Å². The molecule has 0 saturated carbocycles. The molecule has 0 aliphatic carbocycles.